The molecule has 4 rings (SSSR count). The minimum atomic E-state index is -4.01. The molecule has 4 aromatic rings. The standard InChI is InChI=1S/C21H18ClN5O3S/c1-30-18-8-4-15(5-9-18)13-24-21-25-20(16-3-2-12-23-14-16)26-27(21)31(28,29)19-10-6-17(22)7-11-19/h2-12,14H,13H2,1H3,(H,24,25,26). The third-order valence-electron chi connectivity index (χ3n) is 4.45. The second-order valence-electron chi connectivity index (χ2n) is 6.50. The van der Waals surface area contributed by atoms with Crippen molar-refractivity contribution in [1.82, 2.24) is 19.2 Å². The molecule has 1 N–H and O–H groups in total. The fraction of sp³-hybridized carbons (Fsp3) is 0.0952. The lowest BCUT2D eigenvalue weighted by Gasteiger charge is -2.09. The van der Waals surface area contributed by atoms with Gasteiger partial charge in [0.1, 0.15) is 5.75 Å². The maximum absolute atomic E-state index is 13.3. The fourth-order valence-corrected chi connectivity index (χ4v) is 4.15. The highest BCUT2D eigenvalue weighted by Crippen LogP contribution is 2.23. The molecule has 2 aromatic heterocycles. The normalized spacial score (nSPS) is 11.3. The van der Waals surface area contributed by atoms with Crippen LogP contribution in [0.25, 0.3) is 11.4 Å². The zero-order chi connectivity index (χ0) is 21.8. The summed E-state index contributed by atoms with van der Waals surface area (Å²) in [7, 11) is -2.41. The average Bonchev–Trinajstić information content (AvgIpc) is 3.24. The summed E-state index contributed by atoms with van der Waals surface area (Å²) in [5, 5.41) is 7.76. The minimum absolute atomic E-state index is 0.0482. The number of nitrogens with zero attached hydrogens (tertiary/aromatic N) is 4. The number of anilines is 1. The molecule has 0 atom stereocenters. The summed E-state index contributed by atoms with van der Waals surface area (Å²) in [6, 6.07) is 16.8. The van der Waals surface area contributed by atoms with E-state index in [0.29, 0.717) is 17.1 Å². The number of hydrogen-bond acceptors (Lipinski definition) is 7. The number of pyridine rings is 1. The fourth-order valence-electron chi connectivity index (χ4n) is 2.82. The lowest BCUT2D eigenvalue weighted by Crippen LogP contribution is -2.18. The number of rotatable bonds is 7. The third kappa shape index (κ3) is 4.52. The maximum Gasteiger partial charge on any atom is 0.286 e. The monoisotopic (exact) mass is 455 g/mol. The predicted molar refractivity (Wildman–Crippen MR) is 118 cm³/mol. The number of benzene rings is 2. The Kier molecular flexibility index (Phi) is 5.88. The smallest absolute Gasteiger partial charge is 0.286 e. The third-order valence-corrected chi connectivity index (χ3v) is 6.28. The van der Waals surface area contributed by atoms with Gasteiger partial charge in [-0.3, -0.25) is 4.98 Å². The van der Waals surface area contributed by atoms with Gasteiger partial charge < -0.3 is 10.1 Å². The van der Waals surface area contributed by atoms with Crippen LogP contribution in [0.4, 0.5) is 5.95 Å². The van der Waals surface area contributed by atoms with E-state index in [1.807, 2.05) is 24.3 Å². The van der Waals surface area contributed by atoms with Gasteiger partial charge in [-0.15, -0.1) is 9.19 Å². The molecule has 0 saturated heterocycles. The molecule has 0 spiro atoms. The Morgan fingerprint density at radius 1 is 1.06 bits per heavy atom. The van der Waals surface area contributed by atoms with E-state index < -0.39 is 10.0 Å². The molecule has 0 amide bonds. The van der Waals surface area contributed by atoms with Crippen molar-refractivity contribution in [2.45, 2.75) is 11.4 Å². The molecule has 0 bridgehead atoms. The number of halogens is 1. The second-order valence-corrected chi connectivity index (χ2v) is 8.71. The minimum Gasteiger partial charge on any atom is -0.497 e. The van der Waals surface area contributed by atoms with Gasteiger partial charge in [-0.2, -0.15) is 13.4 Å². The van der Waals surface area contributed by atoms with Gasteiger partial charge in [-0.25, -0.2) is 0 Å². The van der Waals surface area contributed by atoms with Crippen molar-refractivity contribution in [2.75, 3.05) is 12.4 Å². The van der Waals surface area contributed by atoms with Gasteiger partial charge >= 0.3 is 0 Å². The zero-order valence-electron chi connectivity index (χ0n) is 16.4. The average molecular weight is 456 g/mol. The molecule has 0 aliphatic carbocycles. The van der Waals surface area contributed by atoms with Crippen molar-refractivity contribution < 1.29 is 13.2 Å². The van der Waals surface area contributed by atoms with Gasteiger partial charge in [0.15, 0.2) is 5.82 Å². The molecule has 2 heterocycles. The van der Waals surface area contributed by atoms with Crippen LogP contribution >= 0.6 is 11.6 Å². The van der Waals surface area contributed by atoms with Gasteiger partial charge in [-0.05, 0) is 54.1 Å². The van der Waals surface area contributed by atoms with Crippen LogP contribution in [0.3, 0.4) is 0 Å². The number of ether oxygens (including phenoxy) is 1. The molecular formula is C21H18ClN5O3S. The summed E-state index contributed by atoms with van der Waals surface area (Å²) in [5.41, 5.74) is 1.52. The Morgan fingerprint density at radius 2 is 1.81 bits per heavy atom. The van der Waals surface area contributed by atoms with Crippen molar-refractivity contribution in [3.8, 4) is 17.1 Å². The first kappa shape index (κ1) is 20.8. The molecule has 2 aromatic carbocycles. The van der Waals surface area contributed by atoms with Gasteiger partial charge in [0.2, 0.25) is 5.95 Å². The molecule has 8 nitrogen and oxygen atoms in total. The maximum atomic E-state index is 13.3. The molecule has 158 valence electrons. The van der Waals surface area contributed by atoms with Crippen molar-refractivity contribution >= 4 is 27.6 Å². The van der Waals surface area contributed by atoms with Gasteiger partial charge in [0.25, 0.3) is 10.0 Å². The van der Waals surface area contributed by atoms with E-state index in [1.165, 1.54) is 24.3 Å². The van der Waals surface area contributed by atoms with E-state index in [-0.39, 0.29) is 16.7 Å². The first-order chi connectivity index (χ1) is 15.0. The van der Waals surface area contributed by atoms with E-state index in [1.54, 1.807) is 31.6 Å². The Balaban J connectivity index is 1.71. The number of methoxy groups -OCH3 is 1. The Labute approximate surface area is 184 Å². The molecule has 0 saturated carbocycles. The molecule has 10 heteroatoms. The lowest BCUT2D eigenvalue weighted by molar-refractivity contribution is 0.414. The van der Waals surface area contributed by atoms with Crippen molar-refractivity contribution in [3.63, 3.8) is 0 Å². The molecule has 31 heavy (non-hydrogen) atoms. The molecular weight excluding hydrogens is 438 g/mol. The number of hydrogen-bond donors (Lipinski definition) is 1. The van der Waals surface area contributed by atoms with Gasteiger partial charge in [0, 0.05) is 29.5 Å². The second kappa shape index (κ2) is 8.75. The van der Waals surface area contributed by atoms with Crippen molar-refractivity contribution in [1.29, 1.82) is 0 Å². The quantitative estimate of drug-likeness (QED) is 0.451. The summed E-state index contributed by atoms with van der Waals surface area (Å²) in [6.07, 6.45) is 3.19. The Bertz CT molecular complexity index is 1280. The van der Waals surface area contributed by atoms with Crippen LogP contribution in [0.1, 0.15) is 5.56 Å². The first-order valence-electron chi connectivity index (χ1n) is 9.23. The van der Waals surface area contributed by atoms with Crippen molar-refractivity contribution in [2.24, 2.45) is 0 Å². The zero-order valence-corrected chi connectivity index (χ0v) is 18.0. The SMILES string of the molecule is COc1ccc(CNc2nc(-c3cccnc3)nn2S(=O)(=O)c2ccc(Cl)cc2)cc1. The predicted octanol–water partition coefficient (Wildman–Crippen LogP) is 3.85. The Hall–Kier alpha value is -3.43. The van der Waals surface area contributed by atoms with E-state index in [4.69, 9.17) is 16.3 Å². The summed E-state index contributed by atoms with van der Waals surface area (Å²) < 4.78 is 32.6. The van der Waals surface area contributed by atoms with Crippen LogP contribution in [0.5, 0.6) is 5.75 Å². The lowest BCUT2D eigenvalue weighted by atomic mass is 10.2. The largest absolute Gasteiger partial charge is 0.497 e. The van der Waals surface area contributed by atoms with Gasteiger partial charge in [0.05, 0.1) is 12.0 Å². The highest BCUT2D eigenvalue weighted by molar-refractivity contribution is 7.90. The highest BCUT2D eigenvalue weighted by atomic mass is 35.5. The number of nitrogens with one attached hydrogen (secondary N) is 1. The van der Waals surface area contributed by atoms with Crippen LogP contribution in [-0.2, 0) is 16.6 Å². The molecule has 0 unspecified atom stereocenters. The molecule has 0 aliphatic heterocycles. The van der Waals surface area contributed by atoms with E-state index >= 15 is 0 Å². The Morgan fingerprint density at radius 3 is 2.45 bits per heavy atom. The molecule has 0 radical (unpaired) electrons. The van der Waals surface area contributed by atoms with Crippen LogP contribution in [0.15, 0.2) is 78.0 Å². The summed E-state index contributed by atoms with van der Waals surface area (Å²) >= 11 is 5.90. The van der Waals surface area contributed by atoms with Crippen LogP contribution in [0, 0.1) is 0 Å². The highest BCUT2D eigenvalue weighted by Gasteiger charge is 2.24. The summed E-state index contributed by atoms with van der Waals surface area (Å²) in [6.45, 7) is 0.339. The topological polar surface area (TPSA) is 99.0 Å². The number of aromatic nitrogens is 4. The summed E-state index contributed by atoms with van der Waals surface area (Å²) in [4.78, 5) is 8.51. The van der Waals surface area contributed by atoms with Gasteiger partial charge in [-0.1, -0.05) is 23.7 Å². The molecule has 0 aliphatic rings. The van der Waals surface area contributed by atoms with Crippen LogP contribution < -0.4 is 10.1 Å². The van der Waals surface area contributed by atoms with Crippen LogP contribution in [0.2, 0.25) is 5.02 Å². The van der Waals surface area contributed by atoms with Crippen molar-refractivity contribution in [3.05, 3.63) is 83.6 Å². The molecule has 0 fully saturated rings. The van der Waals surface area contributed by atoms with E-state index in [0.717, 1.165) is 15.4 Å². The van der Waals surface area contributed by atoms with Crippen LogP contribution in [-0.4, -0.2) is 34.7 Å². The first-order valence-corrected chi connectivity index (χ1v) is 11.0. The van der Waals surface area contributed by atoms with E-state index in [2.05, 4.69) is 20.4 Å². The van der Waals surface area contributed by atoms with E-state index in [9.17, 15) is 8.42 Å². The summed E-state index contributed by atoms with van der Waals surface area (Å²) in [5.74, 6) is 1.06.